The maximum atomic E-state index is 9.73. The first kappa shape index (κ1) is 15.6. The van der Waals surface area contributed by atoms with Crippen molar-refractivity contribution in [2.24, 2.45) is 7.05 Å². The van der Waals surface area contributed by atoms with Crippen LogP contribution >= 0.6 is 23.2 Å². The van der Waals surface area contributed by atoms with Crippen LogP contribution in [0.4, 0.5) is 0 Å². The van der Waals surface area contributed by atoms with Crippen LogP contribution in [0.25, 0.3) is 11.5 Å². The largest absolute Gasteiger partial charge is 0.506 e. The van der Waals surface area contributed by atoms with Gasteiger partial charge in [0.25, 0.3) is 5.89 Å². The average Bonchev–Trinajstić information content (AvgIpc) is 3.00. The van der Waals surface area contributed by atoms with Crippen LogP contribution in [0, 0.1) is 13.8 Å². The highest BCUT2D eigenvalue weighted by molar-refractivity contribution is 6.36. The van der Waals surface area contributed by atoms with Crippen molar-refractivity contribution < 1.29 is 14.4 Å². The third-order valence-electron chi connectivity index (χ3n) is 3.12. The van der Waals surface area contributed by atoms with Gasteiger partial charge in [-0.25, -0.2) is 4.68 Å². The number of hydrogen-bond donors (Lipinski definition) is 1. The summed E-state index contributed by atoms with van der Waals surface area (Å²) in [7, 11) is 1.71. The van der Waals surface area contributed by atoms with Crippen molar-refractivity contribution in [3.05, 3.63) is 33.7 Å². The van der Waals surface area contributed by atoms with Crippen molar-refractivity contribution in [1.82, 2.24) is 19.9 Å². The fourth-order valence-electron chi connectivity index (χ4n) is 2.10. The predicted molar refractivity (Wildman–Crippen MR) is 84.2 cm³/mol. The summed E-state index contributed by atoms with van der Waals surface area (Å²) < 4.78 is 12.5. The van der Waals surface area contributed by atoms with E-state index in [0.717, 1.165) is 0 Å². The highest BCUT2D eigenvalue weighted by Gasteiger charge is 2.23. The Hall–Kier alpha value is -2.25. The van der Waals surface area contributed by atoms with Crippen molar-refractivity contribution in [1.29, 1.82) is 0 Å². The van der Waals surface area contributed by atoms with Crippen LogP contribution in [0.2, 0.25) is 10.0 Å². The van der Waals surface area contributed by atoms with Crippen LogP contribution in [-0.2, 0) is 7.05 Å². The van der Waals surface area contributed by atoms with Gasteiger partial charge in [0.1, 0.15) is 11.3 Å². The Morgan fingerprint density at radius 1 is 1.22 bits per heavy atom. The summed E-state index contributed by atoms with van der Waals surface area (Å²) in [6.45, 7) is 3.51. The molecule has 0 aliphatic carbocycles. The van der Waals surface area contributed by atoms with Crippen LogP contribution in [0.15, 0.2) is 16.7 Å². The number of rotatable bonds is 3. The lowest BCUT2D eigenvalue weighted by Gasteiger charge is -2.10. The fraction of sp³-hybridized carbons (Fsp3) is 0.214. The number of aryl methyl sites for hydroxylation is 3. The summed E-state index contributed by atoms with van der Waals surface area (Å²) in [5.41, 5.74) is 1.21. The van der Waals surface area contributed by atoms with E-state index in [1.807, 2.05) is 0 Å². The minimum atomic E-state index is -0.139. The van der Waals surface area contributed by atoms with Gasteiger partial charge in [-0.3, -0.25) is 0 Å². The lowest BCUT2D eigenvalue weighted by Crippen LogP contribution is -1.96. The molecule has 1 N–H and O–H groups in total. The second kappa shape index (κ2) is 5.75. The van der Waals surface area contributed by atoms with E-state index in [1.54, 1.807) is 20.9 Å². The second-order valence-corrected chi connectivity index (χ2v) is 5.69. The molecule has 9 heteroatoms. The Balaban J connectivity index is 2.09. The molecule has 0 atom stereocenters. The van der Waals surface area contributed by atoms with Crippen LogP contribution in [0.5, 0.6) is 17.4 Å². The molecule has 3 rings (SSSR count). The van der Waals surface area contributed by atoms with Gasteiger partial charge in [0, 0.05) is 13.1 Å². The van der Waals surface area contributed by atoms with E-state index in [-0.39, 0.29) is 27.4 Å². The summed E-state index contributed by atoms with van der Waals surface area (Å²) in [5.74, 6) is 1.23. The number of nitrogens with zero attached hydrogens (tertiary/aromatic N) is 4. The molecular formula is C14H12Cl2N4O3. The monoisotopic (exact) mass is 354 g/mol. The molecular weight excluding hydrogens is 343 g/mol. The van der Waals surface area contributed by atoms with Gasteiger partial charge in [-0.15, -0.1) is 0 Å². The Morgan fingerprint density at radius 2 is 1.96 bits per heavy atom. The molecule has 0 unspecified atom stereocenters. The van der Waals surface area contributed by atoms with Crippen molar-refractivity contribution >= 4 is 23.2 Å². The summed E-state index contributed by atoms with van der Waals surface area (Å²) >= 11 is 11.9. The number of aromatic hydroxyl groups is 1. The zero-order valence-corrected chi connectivity index (χ0v) is 14.0. The molecule has 2 aromatic heterocycles. The normalized spacial score (nSPS) is 11.0. The van der Waals surface area contributed by atoms with Crippen molar-refractivity contribution in [2.75, 3.05) is 0 Å². The molecule has 0 fully saturated rings. The van der Waals surface area contributed by atoms with Gasteiger partial charge in [-0.05, 0) is 19.9 Å². The minimum absolute atomic E-state index is 0.135. The minimum Gasteiger partial charge on any atom is -0.506 e. The van der Waals surface area contributed by atoms with Gasteiger partial charge in [0.2, 0.25) is 5.88 Å². The SMILES string of the molecule is Cc1noc(-c2c(C)nn(C)c2Oc2cc(O)c(Cl)cc2Cl)n1. The van der Waals surface area contributed by atoms with Crippen LogP contribution in [-0.4, -0.2) is 25.0 Å². The first-order chi connectivity index (χ1) is 10.9. The molecule has 3 aromatic rings. The Labute approximate surface area is 141 Å². The van der Waals surface area contributed by atoms with E-state index >= 15 is 0 Å². The van der Waals surface area contributed by atoms with Crippen molar-refractivity contribution in [3.8, 4) is 28.8 Å². The molecule has 7 nitrogen and oxygen atoms in total. The van der Waals surface area contributed by atoms with Crippen LogP contribution in [0.3, 0.4) is 0 Å². The molecule has 0 saturated heterocycles. The van der Waals surface area contributed by atoms with Gasteiger partial charge in [-0.2, -0.15) is 10.1 Å². The third kappa shape index (κ3) is 2.85. The third-order valence-corrected chi connectivity index (χ3v) is 3.72. The quantitative estimate of drug-likeness (QED) is 0.767. The average molecular weight is 355 g/mol. The van der Waals surface area contributed by atoms with Gasteiger partial charge in [0.15, 0.2) is 11.6 Å². The molecule has 0 radical (unpaired) electrons. The lowest BCUT2D eigenvalue weighted by molar-refractivity contribution is 0.410. The predicted octanol–water partition coefficient (Wildman–Crippen LogP) is 3.89. The van der Waals surface area contributed by atoms with Crippen LogP contribution in [0.1, 0.15) is 11.5 Å². The number of ether oxygens (including phenoxy) is 1. The zero-order valence-electron chi connectivity index (χ0n) is 12.5. The molecule has 0 aliphatic heterocycles. The van der Waals surface area contributed by atoms with E-state index in [9.17, 15) is 5.11 Å². The van der Waals surface area contributed by atoms with Gasteiger partial charge >= 0.3 is 0 Å². The first-order valence-corrected chi connectivity index (χ1v) is 7.32. The van der Waals surface area contributed by atoms with Crippen molar-refractivity contribution in [2.45, 2.75) is 13.8 Å². The molecule has 0 amide bonds. The standard InChI is InChI=1S/C14H12Cl2N4O3/c1-6-12(13-17-7(2)19-23-13)14(20(3)18-6)22-11-5-10(21)8(15)4-9(11)16/h4-5,21H,1-3H3. The van der Waals surface area contributed by atoms with E-state index in [0.29, 0.717) is 23.0 Å². The Morgan fingerprint density at radius 3 is 2.61 bits per heavy atom. The second-order valence-electron chi connectivity index (χ2n) is 4.87. The molecule has 0 aliphatic rings. The van der Waals surface area contributed by atoms with Crippen LogP contribution < -0.4 is 4.74 Å². The topological polar surface area (TPSA) is 86.2 Å². The zero-order chi connectivity index (χ0) is 16.7. The lowest BCUT2D eigenvalue weighted by atomic mass is 10.2. The van der Waals surface area contributed by atoms with Gasteiger partial charge in [-0.1, -0.05) is 28.4 Å². The maximum absolute atomic E-state index is 9.73. The summed E-state index contributed by atoms with van der Waals surface area (Å²) in [5, 5.41) is 18.2. The highest BCUT2D eigenvalue weighted by Crippen LogP contribution is 2.40. The number of aromatic nitrogens is 4. The van der Waals surface area contributed by atoms with Gasteiger partial charge in [0.05, 0.1) is 15.7 Å². The molecule has 1 aromatic carbocycles. The number of phenolic OH excluding ortho intramolecular Hbond substituents is 1. The number of halogens is 2. The fourth-order valence-corrected chi connectivity index (χ4v) is 2.52. The number of phenols is 1. The summed E-state index contributed by atoms with van der Waals surface area (Å²) in [4.78, 5) is 4.20. The van der Waals surface area contributed by atoms with E-state index < -0.39 is 0 Å². The smallest absolute Gasteiger partial charge is 0.265 e. The summed E-state index contributed by atoms with van der Waals surface area (Å²) in [6.07, 6.45) is 0. The number of benzene rings is 1. The Kier molecular flexibility index (Phi) is 3.91. The first-order valence-electron chi connectivity index (χ1n) is 6.57. The molecule has 0 spiro atoms. The van der Waals surface area contributed by atoms with E-state index in [2.05, 4.69) is 15.2 Å². The van der Waals surface area contributed by atoms with Gasteiger partial charge < -0.3 is 14.4 Å². The summed E-state index contributed by atoms with van der Waals surface area (Å²) in [6, 6.07) is 2.73. The molecule has 2 heterocycles. The highest BCUT2D eigenvalue weighted by atomic mass is 35.5. The molecule has 120 valence electrons. The Bertz CT molecular complexity index is 889. The molecule has 0 saturated carbocycles. The maximum Gasteiger partial charge on any atom is 0.265 e. The molecule has 0 bridgehead atoms. The molecule has 23 heavy (non-hydrogen) atoms. The van der Waals surface area contributed by atoms with Crippen molar-refractivity contribution in [3.63, 3.8) is 0 Å². The van der Waals surface area contributed by atoms with E-state index in [1.165, 1.54) is 16.8 Å². The number of hydrogen-bond acceptors (Lipinski definition) is 6. The van der Waals surface area contributed by atoms with E-state index in [4.69, 9.17) is 32.5 Å².